The Balaban J connectivity index is 1.13. The smallest absolute Gasteiger partial charge is 0.186 e. The monoisotopic (exact) mass is 904 g/mol. The van der Waals surface area contributed by atoms with Gasteiger partial charge in [-0.05, 0) is 39.8 Å². The maximum Gasteiger partial charge on any atom is 0.186 e. The summed E-state index contributed by atoms with van der Waals surface area (Å²) in [4.78, 5) is 0. The van der Waals surface area contributed by atoms with Crippen LogP contribution >= 0.6 is 0 Å². The Kier molecular flexibility index (Phi) is 20.0. The van der Waals surface area contributed by atoms with Gasteiger partial charge in [0.25, 0.3) is 0 Å². The molecular weight excluding hydrogens is 841 g/mol. The molecule has 0 unspecified atom stereocenters. The Morgan fingerprint density at radius 1 is 0.522 bits per heavy atom. The highest BCUT2D eigenvalue weighted by atomic mass is 16.7. The van der Waals surface area contributed by atoms with Gasteiger partial charge in [0.2, 0.25) is 0 Å². The van der Waals surface area contributed by atoms with E-state index < -0.39 is 49.0 Å². The Morgan fingerprint density at radius 2 is 0.925 bits per heavy atom. The van der Waals surface area contributed by atoms with Crippen molar-refractivity contribution in [1.82, 2.24) is 0 Å². The summed E-state index contributed by atoms with van der Waals surface area (Å²) in [6.45, 7) is 10.9. The lowest BCUT2D eigenvalue weighted by Gasteiger charge is -2.46. The molecular formula is C58H64O9. The second-order valence-corrected chi connectivity index (χ2v) is 16.6. The van der Waals surface area contributed by atoms with Crippen LogP contribution in [0.4, 0.5) is 0 Å². The molecule has 0 N–H and O–H groups in total. The van der Waals surface area contributed by atoms with Crippen molar-refractivity contribution in [3.8, 4) is 0 Å². The van der Waals surface area contributed by atoms with E-state index in [1.807, 2.05) is 182 Å². The maximum atomic E-state index is 6.87. The number of methoxy groups -OCH3 is 1. The summed E-state index contributed by atoms with van der Waals surface area (Å²) in [5, 5.41) is 0. The largest absolute Gasteiger partial charge is 0.490 e. The molecule has 0 saturated carbocycles. The van der Waals surface area contributed by atoms with Gasteiger partial charge in [0.1, 0.15) is 30.5 Å². The number of rotatable bonds is 28. The molecule has 6 aromatic rings. The normalized spacial score (nSPS) is 19.5. The fraction of sp³-hybridized carbons (Fsp3) is 0.310. The zero-order chi connectivity index (χ0) is 46.3. The minimum Gasteiger partial charge on any atom is -0.490 e. The third-order valence-corrected chi connectivity index (χ3v) is 11.6. The van der Waals surface area contributed by atoms with Crippen LogP contribution in [0, 0.1) is 0 Å². The molecule has 0 amide bonds. The minimum atomic E-state index is -0.759. The molecule has 1 aliphatic rings. The Bertz CT molecular complexity index is 2260. The van der Waals surface area contributed by atoms with Crippen molar-refractivity contribution in [3.05, 3.63) is 240 Å². The fourth-order valence-corrected chi connectivity index (χ4v) is 8.05. The molecule has 1 aliphatic heterocycles. The first kappa shape index (κ1) is 49.2. The van der Waals surface area contributed by atoms with Crippen LogP contribution in [0.5, 0.6) is 0 Å². The van der Waals surface area contributed by atoms with Crippen molar-refractivity contribution in [2.24, 2.45) is 0 Å². The van der Waals surface area contributed by atoms with E-state index >= 15 is 0 Å². The summed E-state index contributed by atoms with van der Waals surface area (Å²) in [5.74, 6) is 0.524. The number of benzene rings is 6. The van der Waals surface area contributed by atoms with Crippen LogP contribution in [0.2, 0.25) is 0 Å². The molecule has 0 aromatic heterocycles. The van der Waals surface area contributed by atoms with Crippen LogP contribution in [-0.4, -0.2) is 62.7 Å². The quantitative estimate of drug-likeness (QED) is 0.0353. The van der Waals surface area contributed by atoms with Crippen LogP contribution in [-0.2, 0) is 82.3 Å². The lowest BCUT2D eigenvalue weighted by atomic mass is 9.94. The molecule has 1 heterocycles. The molecule has 0 bridgehead atoms. The average molecular weight is 905 g/mol. The number of ether oxygens (including phenoxy) is 9. The lowest BCUT2D eigenvalue weighted by molar-refractivity contribution is -0.318. The van der Waals surface area contributed by atoms with Gasteiger partial charge in [-0.3, -0.25) is 0 Å². The molecule has 0 aliphatic carbocycles. The summed E-state index contributed by atoms with van der Waals surface area (Å²) < 4.78 is 59.9. The first-order chi connectivity index (χ1) is 33.1. The van der Waals surface area contributed by atoms with E-state index in [1.165, 1.54) is 0 Å². The van der Waals surface area contributed by atoms with Gasteiger partial charge >= 0.3 is 0 Å². The van der Waals surface area contributed by atoms with E-state index in [4.69, 9.17) is 42.6 Å². The molecule has 6 aromatic carbocycles. The first-order valence-electron chi connectivity index (χ1n) is 23.1. The second-order valence-electron chi connectivity index (χ2n) is 16.6. The molecule has 9 heteroatoms. The van der Waals surface area contributed by atoms with E-state index in [0.717, 1.165) is 33.4 Å². The first-order valence-corrected chi connectivity index (χ1v) is 23.1. The predicted octanol–water partition coefficient (Wildman–Crippen LogP) is 11.4. The third-order valence-electron chi connectivity index (χ3n) is 11.6. The molecule has 1 fully saturated rings. The van der Waals surface area contributed by atoms with Crippen molar-refractivity contribution in [2.75, 3.05) is 13.7 Å². The van der Waals surface area contributed by atoms with E-state index in [9.17, 15) is 0 Å². The predicted molar refractivity (Wildman–Crippen MR) is 260 cm³/mol. The number of hydrogen-bond donors (Lipinski definition) is 0. The van der Waals surface area contributed by atoms with Gasteiger partial charge in [-0.15, -0.1) is 6.58 Å². The van der Waals surface area contributed by atoms with Crippen LogP contribution < -0.4 is 0 Å². The minimum absolute atomic E-state index is 0.191. The summed E-state index contributed by atoms with van der Waals surface area (Å²) in [7, 11) is 1.63. The topological polar surface area (TPSA) is 83.1 Å². The highest BCUT2D eigenvalue weighted by molar-refractivity contribution is 5.18. The van der Waals surface area contributed by atoms with Crippen LogP contribution in [0.15, 0.2) is 207 Å². The fourth-order valence-electron chi connectivity index (χ4n) is 8.05. The lowest BCUT2D eigenvalue weighted by Crippen LogP contribution is -2.60. The van der Waals surface area contributed by atoms with Gasteiger partial charge < -0.3 is 42.6 Å². The van der Waals surface area contributed by atoms with Gasteiger partial charge in [0, 0.05) is 13.5 Å². The van der Waals surface area contributed by atoms with E-state index in [1.54, 1.807) is 13.2 Å². The summed E-state index contributed by atoms with van der Waals surface area (Å²) in [6.07, 6.45) is -2.18. The van der Waals surface area contributed by atoms with Crippen LogP contribution in [0.25, 0.3) is 0 Å². The molecule has 8 atom stereocenters. The van der Waals surface area contributed by atoms with Crippen LogP contribution in [0.3, 0.4) is 0 Å². The van der Waals surface area contributed by atoms with E-state index in [0.29, 0.717) is 58.2 Å². The Morgan fingerprint density at radius 3 is 1.37 bits per heavy atom. The van der Waals surface area contributed by atoms with Gasteiger partial charge in [-0.2, -0.15) is 0 Å². The van der Waals surface area contributed by atoms with Gasteiger partial charge in [0.15, 0.2) is 12.4 Å². The molecule has 7 rings (SSSR count). The molecule has 67 heavy (non-hydrogen) atoms. The van der Waals surface area contributed by atoms with Crippen molar-refractivity contribution in [1.29, 1.82) is 0 Å². The van der Waals surface area contributed by atoms with Crippen molar-refractivity contribution < 1.29 is 42.6 Å². The third kappa shape index (κ3) is 15.7. The SMILES string of the molecule is C=C[C@@H](OCc1ccccc1)[C@H](OCc1ccccc1)[C@@H](COCc1ccccc1)OC(=C)CC[C@H]1O[C@H](OC)[C@H](OCc2ccccc2)[C@@H](OCc2ccccc2)[C@@H]1OCc1ccccc1. The van der Waals surface area contributed by atoms with Gasteiger partial charge in [0.05, 0.1) is 58.1 Å². The van der Waals surface area contributed by atoms with Crippen molar-refractivity contribution >= 4 is 0 Å². The molecule has 0 radical (unpaired) electrons. The summed E-state index contributed by atoms with van der Waals surface area (Å²) in [6, 6.07) is 60.4. The Hall–Kier alpha value is -5.72. The highest BCUT2D eigenvalue weighted by Gasteiger charge is 2.48. The second kappa shape index (κ2) is 27.2. The molecule has 1 saturated heterocycles. The highest BCUT2D eigenvalue weighted by Crippen LogP contribution is 2.34. The molecule has 0 spiro atoms. The average Bonchev–Trinajstić information content (AvgIpc) is 3.38. The zero-order valence-corrected chi connectivity index (χ0v) is 38.5. The van der Waals surface area contributed by atoms with E-state index in [2.05, 4.69) is 13.2 Å². The van der Waals surface area contributed by atoms with Crippen molar-refractivity contribution in [3.63, 3.8) is 0 Å². The molecule has 9 nitrogen and oxygen atoms in total. The zero-order valence-electron chi connectivity index (χ0n) is 38.5. The number of hydrogen-bond acceptors (Lipinski definition) is 9. The van der Waals surface area contributed by atoms with Gasteiger partial charge in [-0.1, -0.05) is 195 Å². The maximum absolute atomic E-state index is 6.87. The summed E-state index contributed by atoms with van der Waals surface area (Å²) >= 11 is 0. The number of allylic oxidation sites excluding steroid dienone is 1. The van der Waals surface area contributed by atoms with Crippen LogP contribution in [0.1, 0.15) is 46.2 Å². The summed E-state index contributed by atoms with van der Waals surface area (Å²) in [5.41, 5.74) is 6.16. The van der Waals surface area contributed by atoms with Gasteiger partial charge in [-0.25, -0.2) is 0 Å². The van der Waals surface area contributed by atoms with Crippen molar-refractivity contribution in [2.45, 2.75) is 102 Å². The van der Waals surface area contributed by atoms with E-state index in [-0.39, 0.29) is 6.61 Å². The standard InChI is InChI=1S/C58H64O9/c1-4-51(61-38-46-25-13-6-14-26-46)54(62-39-47-27-15-7-16-28-47)53(43-60-37-45-23-11-5-12-24-45)66-44(2)35-36-52-55(63-40-48-29-17-8-18-30-48)56(64-41-49-31-19-9-20-32-49)57(58(59-3)67-52)65-42-50-33-21-10-22-34-50/h4-34,51-58H,1-2,35-43H2,3H3/t51-,52-,53-,54+,55-,56+,57-,58+/m1/s1. The molecule has 350 valence electrons. The Labute approximate surface area is 396 Å².